The quantitative estimate of drug-likeness (QED) is 0.488. The first-order valence-corrected chi connectivity index (χ1v) is 11.3. The smallest absolute Gasteiger partial charge is 0.253 e. The van der Waals surface area contributed by atoms with Gasteiger partial charge in [0, 0.05) is 67.7 Å². The van der Waals surface area contributed by atoms with Crippen LogP contribution < -0.4 is 0 Å². The van der Waals surface area contributed by atoms with Crippen LogP contribution in [0.3, 0.4) is 0 Å². The zero-order valence-corrected chi connectivity index (χ0v) is 19.7. The van der Waals surface area contributed by atoms with E-state index in [1.54, 1.807) is 38.0 Å². The first kappa shape index (κ1) is 22.9. The zero-order valence-electron chi connectivity index (χ0n) is 19.7. The van der Waals surface area contributed by atoms with Crippen molar-refractivity contribution in [3.8, 4) is 0 Å². The summed E-state index contributed by atoms with van der Waals surface area (Å²) in [4.78, 5) is 28.4. The molecule has 0 aliphatic carbocycles. The van der Waals surface area contributed by atoms with Gasteiger partial charge in [0.2, 0.25) is 0 Å². The van der Waals surface area contributed by atoms with E-state index in [1.165, 1.54) is 19.3 Å². The minimum atomic E-state index is -0.0160. The number of hydrogen-bond acceptors (Lipinski definition) is 2. The van der Waals surface area contributed by atoms with Crippen LogP contribution in [0.2, 0.25) is 0 Å². The van der Waals surface area contributed by atoms with Crippen molar-refractivity contribution >= 4 is 33.6 Å². The molecule has 1 aromatic heterocycles. The summed E-state index contributed by atoms with van der Waals surface area (Å²) in [7, 11) is 7.07. The normalized spacial score (nSPS) is 12.3. The van der Waals surface area contributed by atoms with Gasteiger partial charge >= 0.3 is 0 Å². The van der Waals surface area contributed by atoms with E-state index in [4.69, 9.17) is 0 Å². The molecule has 166 valence electrons. The van der Waals surface area contributed by atoms with E-state index in [0.717, 1.165) is 34.8 Å². The second kappa shape index (κ2) is 9.54. The monoisotopic (exact) mass is 421 g/mol. The largest absolute Gasteiger partial charge is 0.345 e. The number of nitrogens with zero attached hydrogens (tertiary/aromatic N) is 3. The van der Waals surface area contributed by atoms with Crippen molar-refractivity contribution in [1.29, 1.82) is 0 Å². The van der Waals surface area contributed by atoms with E-state index in [2.05, 4.69) is 30.5 Å². The minimum absolute atomic E-state index is 0.0160. The van der Waals surface area contributed by atoms with Gasteiger partial charge in [0.25, 0.3) is 11.8 Å². The SMILES string of the molecule is CCCCC(CC)Cn1c2ccc(C(=O)N(C)C)cc2c2cc(C(=O)N(C)C)ccc21. The van der Waals surface area contributed by atoms with Crippen LogP contribution in [0.1, 0.15) is 60.2 Å². The molecule has 0 fully saturated rings. The third-order valence-corrected chi connectivity index (χ3v) is 6.16. The van der Waals surface area contributed by atoms with Crippen molar-refractivity contribution in [3.63, 3.8) is 0 Å². The lowest BCUT2D eigenvalue weighted by Crippen LogP contribution is -2.21. The maximum absolute atomic E-state index is 12.6. The fourth-order valence-corrected chi connectivity index (χ4v) is 4.26. The first-order valence-electron chi connectivity index (χ1n) is 11.3. The van der Waals surface area contributed by atoms with Gasteiger partial charge in [-0.2, -0.15) is 0 Å². The first-order chi connectivity index (χ1) is 14.8. The topological polar surface area (TPSA) is 45.6 Å². The summed E-state index contributed by atoms with van der Waals surface area (Å²) in [5.74, 6) is 0.570. The molecule has 5 nitrogen and oxygen atoms in total. The van der Waals surface area contributed by atoms with Gasteiger partial charge in [-0.15, -0.1) is 0 Å². The van der Waals surface area contributed by atoms with E-state index < -0.39 is 0 Å². The van der Waals surface area contributed by atoms with E-state index in [9.17, 15) is 9.59 Å². The second-order valence-electron chi connectivity index (χ2n) is 8.89. The zero-order chi connectivity index (χ0) is 22.7. The molecule has 1 heterocycles. The van der Waals surface area contributed by atoms with Crippen molar-refractivity contribution in [2.45, 2.75) is 46.1 Å². The molecule has 0 bridgehead atoms. The number of hydrogen-bond donors (Lipinski definition) is 0. The van der Waals surface area contributed by atoms with Crippen molar-refractivity contribution < 1.29 is 9.59 Å². The molecule has 2 amide bonds. The maximum atomic E-state index is 12.6. The summed E-state index contributed by atoms with van der Waals surface area (Å²) in [5, 5.41) is 2.06. The Kier molecular flexibility index (Phi) is 7.04. The molecule has 0 saturated heterocycles. The highest BCUT2D eigenvalue weighted by molar-refractivity contribution is 6.12. The molecule has 1 unspecified atom stereocenters. The Morgan fingerprint density at radius 3 is 1.71 bits per heavy atom. The molecule has 1 atom stereocenters. The Labute approximate surface area is 185 Å². The van der Waals surface area contributed by atoms with Gasteiger partial charge in [0.05, 0.1) is 0 Å². The number of fused-ring (bicyclic) bond motifs is 3. The number of rotatable bonds is 8. The third kappa shape index (κ3) is 4.60. The van der Waals surface area contributed by atoms with Gasteiger partial charge in [-0.3, -0.25) is 9.59 Å². The number of amides is 2. The maximum Gasteiger partial charge on any atom is 0.253 e. The van der Waals surface area contributed by atoms with E-state index in [0.29, 0.717) is 17.0 Å². The van der Waals surface area contributed by atoms with Crippen molar-refractivity contribution in [2.24, 2.45) is 5.92 Å². The van der Waals surface area contributed by atoms with Crippen LogP contribution in [0.25, 0.3) is 21.8 Å². The molecule has 2 aromatic carbocycles. The van der Waals surface area contributed by atoms with Gasteiger partial charge in [-0.05, 0) is 48.7 Å². The van der Waals surface area contributed by atoms with Gasteiger partial charge < -0.3 is 14.4 Å². The fourth-order valence-electron chi connectivity index (χ4n) is 4.26. The Morgan fingerprint density at radius 2 is 1.32 bits per heavy atom. The number of benzene rings is 2. The predicted octanol–water partition coefficient (Wildman–Crippen LogP) is 5.41. The van der Waals surface area contributed by atoms with Gasteiger partial charge in [0.1, 0.15) is 0 Å². The summed E-state index contributed by atoms with van der Waals surface area (Å²) in [6, 6.07) is 11.9. The molecule has 0 N–H and O–H groups in total. The Balaban J connectivity index is 2.21. The number of aromatic nitrogens is 1. The Hall–Kier alpha value is -2.82. The molecule has 0 aliphatic rings. The van der Waals surface area contributed by atoms with Crippen molar-refractivity contribution in [2.75, 3.05) is 28.2 Å². The Morgan fingerprint density at radius 1 is 0.839 bits per heavy atom. The minimum Gasteiger partial charge on any atom is -0.345 e. The van der Waals surface area contributed by atoms with Crippen LogP contribution in [-0.2, 0) is 6.54 Å². The highest BCUT2D eigenvalue weighted by Gasteiger charge is 2.19. The van der Waals surface area contributed by atoms with Crippen LogP contribution in [-0.4, -0.2) is 54.4 Å². The lowest BCUT2D eigenvalue weighted by molar-refractivity contribution is 0.0820. The molecule has 3 aromatic rings. The van der Waals surface area contributed by atoms with E-state index in [1.807, 2.05) is 24.3 Å². The average molecular weight is 422 g/mol. The van der Waals surface area contributed by atoms with Crippen molar-refractivity contribution in [3.05, 3.63) is 47.5 Å². The summed E-state index contributed by atoms with van der Waals surface area (Å²) in [5.41, 5.74) is 3.57. The number of unbranched alkanes of at least 4 members (excludes halogenated alkanes) is 1. The molecule has 0 saturated carbocycles. The molecule has 0 spiro atoms. The Bertz CT molecular complexity index is 1020. The fraction of sp³-hybridized carbons (Fsp3) is 0.462. The molecule has 5 heteroatoms. The second-order valence-corrected chi connectivity index (χ2v) is 8.89. The van der Waals surface area contributed by atoms with Crippen LogP contribution in [0, 0.1) is 5.92 Å². The summed E-state index contributed by atoms with van der Waals surface area (Å²) in [6.07, 6.45) is 4.78. The highest BCUT2D eigenvalue weighted by Crippen LogP contribution is 2.33. The van der Waals surface area contributed by atoms with Crippen LogP contribution in [0.15, 0.2) is 36.4 Å². The molecule has 31 heavy (non-hydrogen) atoms. The van der Waals surface area contributed by atoms with E-state index >= 15 is 0 Å². The lowest BCUT2D eigenvalue weighted by Gasteiger charge is -2.17. The van der Waals surface area contributed by atoms with E-state index in [-0.39, 0.29) is 11.8 Å². The highest BCUT2D eigenvalue weighted by atomic mass is 16.2. The lowest BCUT2D eigenvalue weighted by atomic mass is 9.99. The molecular formula is C26H35N3O2. The van der Waals surface area contributed by atoms with Crippen LogP contribution in [0.4, 0.5) is 0 Å². The summed E-state index contributed by atoms with van der Waals surface area (Å²) in [6.45, 7) is 5.44. The molecule has 3 rings (SSSR count). The molecular weight excluding hydrogens is 386 g/mol. The third-order valence-electron chi connectivity index (χ3n) is 6.16. The molecule has 0 aliphatic heterocycles. The number of carbonyl (C=O) groups excluding carboxylic acids is 2. The van der Waals surface area contributed by atoms with Gasteiger partial charge in [0.15, 0.2) is 0 Å². The van der Waals surface area contributed by atoms with Crippen LogP contribution >= 0.6 is 0 Å². The average Bonchev–Trinajstić information content (AvgIpc) is 3.07. The molecule has 0 radical (unpaired) electrons. The summed E-state index contributed by atoms with van der Waals surface area (Å²) >= 11 is 0. The van der Waals surface area contributed by atoms with Crippen molar-refractivity contribution in [1.82, 2.24) is 14.4 Å². The van der Waals surface area contributed by atoms with Gasteiger partial charge in [-0.25, -0.2) is 0 Å². The van der Waals surface area contributed by atoms with Gasteiger partial charge in [-0.1, -0.05) is 33.1 Å². The predicted molar refractivity (Wildman–Crippen MR) is 129 cm³/mol. The standard InChI is InChI=1S/C26H35N3O2/c1-7-9-10-18(8-2)17-29-23-13-11-19(25(30)27(3)4)15-21(23)22-16-20(12-14-24(22)29)26(31)28(5)6/h11-16,18H,7-10,17H2,1-6H3. The van der Waals surface area contributed by atoms with Crippen LogP contribution in [0.5, 0.6) is 0 Å². The summed E-state index contributed by atoms with van der Waals surface area (Å²) < 4.78 is 2.38. The number of carbonyl (C=O) groups is 2.